The Morgan fingerprint density at radius 3 is 2.74 bits per heavy atom. The fraction of sp³-hybridized carbons (Fsp3) is 0.500. The summed E-state index contributed by atoms with van der Waals surface area (Å²) in [5.74, 6) is 1.33. The third kappa shape index (κ3) is 2.98. The SMILES string of the molecule is CCNC(C)c1nnnn1-c1cccc(C(C)C)c1. The zero-order valence-corrected chi connectivity index (χ0v) is 12.0. The Labute approximate surface area is 114 Å². The number of hydrogen-bond donors (Lipinski definition) is 1. The zero-order chi connectivity index (χ0) is 13.8. The summed E-state index contributed by atoms with van der Waals surface area (Å²) in [7, 11) is 0. The predicted octanol–water partition coefficient (Wildman–Crippen LogP) is 2.46. The molecule has 0 aliphatic carbocycles. The quantitative estimate of drug-likeness (QED) is 0.896. The number of nitrogens with one attached hydrogen (secondary N) is 1. The van der Waals surface area contributed by atoms with Crippen molar-refractivity contribution in [2.45, 2.75) is 39.7 Å². The van der Waals surface area contributed by atoms with Crippen molar-refractivity contribution in [1.82, 2.24) is 25.5 Å². The van der Waals surface area contributed by atoms with Gasteiger partial charge >= 0.3 is 0 Å². The molecule has 0 amide bonds. The van der Waals surface area contributed by atoms with Crippen LogP contribution in [0.5, 0.6) is 0 Å². The van der Waals surface area contributed by atoms with E-state index in [1.807, 2.05) is 12.1 Å². The van der Waals surface area contributed by atoms with Gasteiger partial charge in [-0.05, 0) is 47.5 Å². The lowest BCUT2D eigenvalue weighted by Crippen LogP contribution is -2.21. The third-order valence-corrected chi connectivity index (χ3v) is 3.17. The number of tetrazole rings is 1. The van der Waals surface area contributed by atoms with E-state index >= 15 is 0 Å². The molecular weight excluding hydrogens is 238 g/mol. The summed E-state index contributed by atoms with van der Waals surface area (Å²) in [6.07, 6.45) is 0. The van der Waals surface area contributed by atoms with Crippen LogP contribution in [0.4, 0.5) is 0 Å². The van der Waals surface area contributed by atoms with Gasteiger partial charge in [0.25, 0.3) is 0 Å². The second kappa shape index (κ2) is 5.93. The molecule has 2 rings (SSSR count). The fourth-order valence-corrected chi connectivity index (χ4v) is 2.06. The Bertz CT molecular complexity index is 532. The first-order chi connectivity index (χ1) is 9.13. The van der Waals surface area contributed by atoms with Crippen molar-refractivity contribution in [3.63, 3.8) is 0 Å². The van der Waals surface area contributed by atoms with Gasteiger partial charge in [-0.15, -0.1) is 5.10 Å². The molecule has 0 saturated heterocycles. The van der Waals surface area contributed by atoms with Crippen LogP contribution < -0.4 is 5.32 Å². The molecule has 1 aromatic carbocycles. The summed E-state index contributed by atoms with van der Waals surface area (Å²) >= 11 is 0. The summed E-state index contributed by atoms with van der Waals surface area (Å²) in [6, 6.07) is 8.48. The van der Waals surface area contributed by atoms with Gasteiger partial charge in [-0.3, -0.25) is 0 Å². The predicted molar refractivity (Wildman–Crippen MR) is 75.3 cm³/mol. The molecule has 1 unspecified atom stereocenters. The highest BCUT2D eigenvalue weighted by Gasteiger charge is 2.15. The minimum Gasteiger partial charge on any atom is -0.308 e. The minimum absolute atomic E-state index is 0.128. The first-order valence-electron chi connectivity index (χ1n) is 6.75. The van der Waals surface area contributed by atoms with Crippen LogP contribution in [0.15, 0.2) is 24.3 Å². The topological polar surface area (TPSA) is 55.6 Å². The van der Waals surface area contributed by atoms with Gasteiger partial charge in [-0.1, -0.05) is 32.9 Å². The van der Waals surface area contributed by atoms with E-state index in [2.05, 4.69) is 60.7 Å². The number of hydrogen-bond acceptors (Lipinski definition) is 4. The summed E-state index contributed by atoms with van der Waals surface area (Å²) < 4.78 is 1.80. The van der Waals surface area contributed by atoms with Gasteiger partial charge < -0.3 is 5.32 Å². The maximum absolute atomic E-state index is 4.12. The molecule has 1 heterocycles. The van der Waals surface area contributed by atoms with Crippen LogP contribution >= 0.6 is 0 Å². The molecule has 1 aromatic heterocycles. The van der Waals surface area contributed by atoms with E-state index < -0.39 is 0 Å². The molecule has 0 radical (unpaired) electrons. The fourth-order valence-electron chi connectivity index (χ4n) is 2.06. The van der Waals surface area contributed by atoms with Crippen LogP contribution in [0.2, 0.25) is 0 Å². The summed E-state index contributed by atoms with van der Waals surface area (Å²) in [5.41, 5.74) is 2.30. The number of rotatable bonds is 5. The Morgan fingerprint density at radius 1 is 1.26 bits per heavy atom. The van der Waals surface area contributed by atoms with Gasteiger partial charge in [0, 0.05) is 0 Å². The molecule has 0 fully saturated rings. The normalized spacial score (nSPS) is 12.9. The van der Waals surface area contributed by atoms with Gasteiger partial charge in [0.1, 0.15) is 0 Å². The average Bonchev–Trinajstić information content (AvgIpc) is 2.88. The molecule has 5 heteroatoms. The molecule has 0 bridgehead atoms. The van der Waals surface area contributed by atoms with Crippen LogP contribution in [0.25, 0.3) is 5.69 Å². The van der Waals surface area contributed by atoms with Crippen molar-refractivity contribution < 1.29 is 0 Å². The first-order valence-corrected chi connectivity index (χ1v) is 6.75. The van der Waals surface area contributed by atoms with Crippen molar-refractivity contribution in [1.29, 1.82) is 0 Å². The highest BCUT2D eigenvalue weighted by atomic mass is 15.5. The highest BCUT2D eigenvalue weighted by Crippen LogP contribution is 2.19. The van der Waals surface area contributed by atoms with E-state index in [9.17, 15) is 0 Å². The second-order valence-electron chi connectivity index (χ2n) is 4.98. The molecule has 0 aliphatic rings. The summed E-state index contributed by atoms with van der Waals surface area (Å²) in [5, 5.41) is 15.4. The maximum Gasteiger partial charge on any atom is 0.173 e. The molecule has 1 atom stereocenters. The molecule has 0 spiro atoms. The second-order valence-corrected chi connectivity index (χ2v) is 4.98. The monoisotopic (exact) mass is 259 g/mol. The lowest BCUT2D eigenvalue weighted by atomic mass is 10.0. The van der Waals surface area contributed by atoms with Crippen LogP contribution in [0, 0.1) is 0 Å². The van der Waals surface area contributed by atoms with Crippen LogP contribution in [0.3, 0.4) is 0 Å². The van der Waals surface area contributed by atoms with Crippen LogP contribution in [-0.4, -0.2) is 26.8 Å². The molecule has 0 saturated carbocycles. The Kier molecular flexibility index (Phi) is 4.27. The molecule has 102 valence electrons. The maximum atomic E-state index is 4.12. The lowest BCUT2D eigenvalue weighted by Gasteiger charge is -2.13. The minimum atomic E-state index is 0.128. The summed E-state index contributed by atoms with van der Waals surface area (Å²) in [4.78, 5) is 0. The van der Waals surface area contributed by atoms with Crippen LogP contribution in [-0.2, 0) is 0 Å². The number of nitrogens with zero attached hydrogens (tertiary/aromatic N) is 4. The zero-order valence-electron chi connectivity index (χ0n) is 12.0. The van der Waals surface area contributed by atoms with Crippen molar-refractivity contribution >= 4 is 0 Å². The van der Waals surface area contributed by atoms with Crippen molar-refractivity contribution in [3.05, 3.63) is 35.7 Å². The van der Waals surface area contributed by atoms with Gasteiger partial charge in [0.2, 0.25) is 0 Å². The Hall–Kier alpha value is -1.75. The molecular formula is C14H21N5. The Balaban J connectivity index is 2.37. The Morgan fingerprint density at radius 2 is 2.05 bits per heavy atom. The lowest BCUT2D eigenvalue weighted by molar-refractivity contribution is 0.550. The molecule has 5 nitrogen and oxygen atoms in total. The van der Waals surface area contributed by atoms with E-state index in [-0.39, 0.29) is 6.04 Å². The van der Waals surface area contributed by atoms with Crippen molar-refractivity contribution in [2.24, 2.45) is 0 Å². The van der Waals surface area contributed by atoms with Gasteiger partial charge in [-0.25, -0.2) is 0 Å². The van der Waals surface area contributed by atoms with Crippen LogP contribution in [0.1, 0.15) is 51.0 Å². The number of benzene rings is 1. The van der Waals surface area contributed by atoms with E-state index in [0.717, 1.165) is 18.1 Å². The smallest absolute Gasteiger partial charge is 0.173 e. The molecule has 19 heavy (non-hydrogen) atoms. The molecule has 1 N–H and O–H groups in total. The van der Waals surface area contributed by atoms with E-state index in [0.29, 0.717) is 5.92 Å². The first kappa shape index (κ1) is 13.7. The average molecular weight is 259 g/mol. The molecule has 2 aromatic rings. The standard InChI is InChI=1S/C14H21N5/c1-5-15-11(4)14-16-17-18-19(14)13-8-6-7-12(9-13)10(2)3/h6-11,15H,5H2,1-4H3. The summed E-state index contributed by atoms with van der Waals surface area (Å²) in [6.45, 7) is 9.39. The van der Waals surface area contributed by atoms with E-state index in [1.54, 1.807) is 4.68 Å². The largest absolute Gasteiger partial charge is 0.308 e. The number of aromatic nitrogens is 4. The van der Waals surface area contributed by atoms with Gasteiger partial charge in [0.05, 0.1) is 11.7 Å². The van der Waals surface area contributed by atoms with Crippen molar-refractivity contribution in [2.75, 3.05) is 6.54 Å². The highest BCUT2D eigenvalue weighted by molar-refractivity contribution is 5.37. The molecule has 0 aliphatic heterocycles. The van der Waals surface area contributed by atoms with Gasteiger partial charge in [-0.2, -0.15) is 4.68 Å². The van der Waals surface area contributed by atoms with E-state index in [1.165, 1.54) is 5.56 Å². The van der Waals surface area contributed by atoms with Crippen molar-refractivity contribution in [3.8, 4) is 5.69 Å². The third-order valence-electron chi connectivity index (χ3n) is 3.17. The van der Waals surface area contributed by atoms with Gasteiger partial charge in [0.15, 0.2) is 5.82 Å². The van der Waals surface area contributed by atoms with E-state index in [4.69, 9.17) is 0 Å².